The quantitative estimate of drug-likeness (QED) is 0.558. The van der Waals surface area contributed by atoms with E-state index in [2.05, 4.69) is 24.1 Å². The Bertz CT molecular complexity index is 176. The molecule has 110 valence electrons. The van der Waals surface area contributed by atoms with Crippen LogP contribution >= 0.6 is 0 Å². The van der Waals surface area contributed by atoms with Gasteiger partial charge in [-0.1, -0.05) is 6.92 Å². The first-order valence-corrected chi connectivity index (χ1v) is 6.63. The maximum absolute atomic E-state index is 5.25. The molecule has 18 heavy (non-hydrogen) atoms. The van der Waals surface area contributed by atoms with E-state index in [1.54, 1.807) is 21.3 Å². The van der Waals surface area contributed by atoms with E-state index in [-0.39, 0.29) is 0 Å². The van der Waals surface area contributed by atoms with E-state index in [9.17, 15) is 0 Å². The highest BCUT2D eigenvalue weighted by Crippen LogP contribution is 2.02. The number of hydrogen-bond acceptors (Lipinski definition) is 5. The minimum Gasteiger partial charge on any atom is -0.383 e. The van der Waals surface area contributed by atoms with E-state index >= 15 is 0 Å². The zero-order valence-corrected chi connectivity index (χ0v) is 12.6. The SMILES string of the molecule is CCNC(COC)CN(CCOC)C(C)COC. The van der Waals surface area contributed by atoms with Crippen LogP contribution in [0.4, 0.5) is 0 Å². The van der Waals surface area contributed by atoms with Gasteiger partial charge in [-0.3, -0.25) is 4.90 Å². The van der Waals surface area contributed by atoms with Gasteiger partial charge in [0.05, 0.1) is 19.8 Å². The van der Waals surface area contributed by atoms with Crippen LogP contribution in [-0.2, 0) is 14.2 Å². The van der Waals surface area contributed by atoms with E-state index in [4.69, 9.17) is 14.2 Å². The van der Waals surface area contributed by atoms with Gasteiger partial charge in [0.1, 0.15) is 0 Å². The lowest BCUT2D eigenvalue weighted by Crippen LogP contribution is -2.48. The van der Waals surface area contributed by atoms with Gasteiger partial charge < -0.3 is 19.5 Å². The van der Waals surface area contributed by atoms with Crippen molar-refractivity contribution in [3.05, 3.63) is 0 Å². The Hall–Kier alpha value is -0.200. The summed E-state index contributed by atoms with van der Waals surface area (Å²) in [5, 5.41) is 3.44. The predicted molar refractivity (Wildman–Crippen MR) is 74.1 cm³/mol. The summed E-state index contributed by atoms with van der Waals surface area (Å²) in [5.41, 5.74) is 0. The number of rotatable bonds is 12. The van der Waals surface area contributed by atoms with Gasteiger partial charge in [0.15, 0.2) is 0 Å². The topological polar surface area (TPSA) is 43.0 Å². The molecule has 0 aliphatic rings. The Morgan fingerprint density at radius 1 is 1.06 bits per heavy atom. The van der Waals surface area contributed by atoms with Crippen LogP contribution in [0.1, 0.15) is 13.8 Å². The first-order valence-electron chi connectivity index (χ1n) is 6.63. The zero-order chi connectivity index (χ0) is 13.8. The van der Waals surface area contributed by atoms with E-state index in [0.29, 0.717) is 12.1 Å². The van der Waals surface area contributed by atoms with Crippen LogP contribution in [-0.4, -0.2) is 77.8 Å². The first kappa shape index (κ1) is 17.8. The molecule has 0 fully saturated rings. The summed E-state index contributed by atoms with van der Waals surface area (Å²) in [7, 11) is 5.21. The largest absolute Gasteiger partial charge is 0.383 e. The van der Waals surface area contributed by atoms with Crippen LogP contribution in [0.25, 0.3) is 0 Å². The molecule has 0 aliphatic carbocycles. The van der Waals surface area contributed by atoms with Gasteiger partial charge in [-0.15, -0.1) is 0 Å². The summed E-state index contributed by atoms with van der Waals surface area (Å²) in [6, 6.07) is 0.722. The van der Waals surface area contributed by atoms with Crippen molar-refractivity contribution in [3.63, 3.8) is 0 Å². The first-order chi connectivity index (χ1) is 8.69. The van der Waals surface area contributed by atoms with Crippen LogP contribution in [0.3, 0.4) is 0 Å². The molecular weight excluding hydrogens is 232 g/mol. The average molecular weight is 262 g/mol. The normalized spacial score (nSPS) is 15.0. The van der Waals surface area contributed by atoms with E-state index in [1.165, 1.54) is 0 Å². The van der Waals surface area contributed by atoms with Crippen molar-refractivity contribution in [2.75, 3.05) is 60.8 Å². The standard InChI is InChI=1S/C13H30N2O3/c1-6-14-13(11-18-5)9-15(7-8-16-3)12(2)10-17-4/h12-14H,6-11H2,1-5H3. The van der Waals surface area contributed by atoms with Crippen LogP contribution in [0.15, 0.2) is 0 Å². The molecule has 0 radical (unpaired) electrons. The summed E-state index contributed by atoms with van der Waals surface area (Å²) in [5.74, 6) is 0. The molecule has 1 N–H and O–H groups in total. The van der Waals surface area contributed by atoms with Crippen LogP contribution < -0.4 is 5.32 Å². The van der Waals surface area contributed by atoms with Gasteiger partial charge >= 0.3 is 0 Å². The Morgan fingerprint density at radius 2 is 1.72 bits per heavy atom. The second-order valence-corrected chi connectivity index (χ2v) is 4.50. The fourth-order valence-electron chi connectivity index (χ4n) is 2.00. The molecule has 0 aromatic carbocycles. The van der Waals surface area contributed by atoms with E-state index < -0.39 is 0 Å². The number of nitrogens with one attached hydrogen (secondary N) is 1. The summed E-state index contributed by atoms with van der Waals surface area (Å²) in [6.45, 7) is 9.27. The van der Waals surface area contributed by atoms with Crippen LogP contribution in [0, 0.1) is 0 Å². The lowest BCUT2D eigenvalue weighted by molar-refractivity contribution is 0.0581. The summed E-state index contributed by atoms with van der Waals surface area (Å²) in [4.78, 5) is 2.37. The number of ether oxygens (including phenoxy) is 3. The van der Waals surface area contributed by atoms with E-state index in [0.717, 1.165) is 39.5 Å². The highest BCUT2D eigenvalue weighted by Gasteiger charge is 2.18. The van der Waals surface area contributed by atoms with Gasteiger partial charge in [-0.2, -0.15) is 0 Å². The molecule has 0 aromatic heterocycles. The van der Waals surface area contributed by atoms with Gasteiger partial charge in [-0.25, -0.2) is 0 Å². The van der Waals surface area contributed by atoms with Crippen molar-refractivity contribution in [3.8, 4) is 0 Å². The van der Waals surface area contributed by atoms with Crippen molar-refractivity contribution in [1.29, 1.82) is 0 Å². The van der Waals surface area contributed by atoms with Crippen molar-refractivity contribution in [2.45, 2.75) is 25.9 Å². The average Bonchev–Trinajstić information content (AvgIpc) is 2.35. The molecule has 0 saturated heterocycles. The Balaban J connectivity index is 4.32. The van der Waals surface area contributed by atoms with Crippen molar-refractivity contribution < 1.29 is 14.2 Å². The van der Waals surface area contributed by atoms with Crippen molar-refractivity contribution in [2.24, 2.45) is 0 Å². The van der Waals surface area contributed by atoms with Crippen LogP contribution in [0.2, 0.25) is 0 Å². The minimum absolute atomic E-state index is 0.344. The molecule has 0 aliphatic heterocycles. The Morgan fingerprint density at radius 3 is 2.22 bits per heavy atom. The maximum atomic E-state index is 5.25. The summed E-state index contributed by atoms with van der Waals surface area (Å²) in [6.07, 6.45) is 0. The smallest absolute Gasteiger partial charge is 0.0628 e. The molecule has 0 amide bonds. The van der Waals surface area contributed by atoms with Crippen molar-refractivity contribution >= 4 is 0 Å². The Labute approximate surface area is 112 Å². The van der Waals surface area contributed by atoms with Gasteiger partial charge in [0.25, 0.3) is 0 Å². The molecule has 2 unspecified atom stereocenters. The number of likely N-dealkylation sites (N-methyl/N-ethyl adjacent to an activating group) is 1. The molecular formula is C13H30N2O3. The number of methoxy groups -OCH3 is 3. The second kappa shape index (κ2) is 11.9. The zero-order valence-electron chi connectivity index (χ0n) is 12.6. The molecule has 5 nitrogen and oxygen atoms in total. The third-order valence-electron chi connectivity index (χ3n) is 2.93. The fraction of sp³-hybridized carbons (Fsp3) is 1.00. The number of nitrogens with zero attached hydrogens (tertiary/aromatic N) is 1. The molecule has 0 aromatic rings. The van der Waals surface area contributed by atoms with Gasteiger partial charge in [-0.05, 0) is 13.5 Å². The highest BCUT2D eigenvalue weighted by molar-refractivity contribution is 4.75. The molecule has 5 heteroatoms. The Kier molecular flexibility index (Phi) is 11.7. The van der Waals surface area contributed by atoms with Crippen LogP contribution in [0.5, 0.6) is 0 Å². The summed E-state index contributed by atoms with van der Waals surface area (Å²) >= 11 is 0. The summed E-state index contributed by atoms with van der Waals surface area (Å²) < 4.78 is 15.6. The predicted octanol–water partition coefficient (Wildman–Crippen LogP) is 0.594. The molecule has 0 spiro atoms. The second-order valence-electron chi connectivity index (χ2n) is 4.50. The van der Waals surface area contributed by atoms with Gasteiger partial charge in [0, 0.05) is 46.5 Å². The van der Waals surface area contributed by atoms with Crippen molar-refractivity contribution in [1.82, 2.24) is 10.2 Å². The number of hydrogen-bond donors (Lipinski definition) is 1. The molecule has 0 bridgehead atoms. The highest BCUT2D eigenvalue weighted by atomic mass is 16.5. The lowest BCUT2D eigenvalue weighted by atomic mass is 10.2. The van der Waals surface area contributed by atoms with E-state index in [1.807, 2.05) is 0 Å². The molecule has 0 heterocycles. The molecule has 2 atom stereocenters. The molecule has 0 rings (SSSR count). The monoisotopic (exact) mass is 262 g/mol. The maximum Gasteiger partial charge on any atom is 0.0628 e. The minimum atomic E-state index is 0.344. The molecule has 0 saturated carbocycles. The lowest BCUT2D eigenvalue weighted by Gasteiger charge is -2.32. The third kappa shape index (κ3) is 8.00. The third-order valence-corrected chi connectivity index (χ3v) is 2.93. The van der Waals surface area contributed by atoms with Gasteiger partial charge in [0.2, 0.25) is 0 Å². The fourth-order valence-corrected chi connectivity index (χ4v) is 2.00.